The topological polar surface area (TPSA) is 48.7 Å². The van der Waals surface area contributed by atoms with Crippen LogP contribution in [0, 0.1) is 0 Å². The molecule has 1 aromatic heterocycles. The van der Waals surface area contributed by atoms with Gasteiger partial charge in [-0.3, -0.25) is 0 Å². The number of nitrogens with one attached hydrogen (secondary N) is 1. The van der Waals surface area contributed by atoms with Crippen molar-refractivity contribution in [3.8, 4) is 0 Å². The molecule has 1 N–H and O–H groups in total. The summed E-state index contributed by atoms with van der Waals surface area (Å²) in [6.45, 7) is 2.38. The van der Waals surface area contributed by atoms with Crippen molar-refractivity contribution in [1.29, 1.82) is 0 Å². The van der Waals surface area contributed by atoms with Crippen LogP contribution in [0.4, 0.5) is 10.5 Å². The SMILES string of the molecule is CN(Cc1ccc(Br)o1)C(=O)NC1CCN(c2ccccc2)CC1. The Bertz CT molecular complexity index is 666. The molecule has 0 unspecified atom stereocenters. The molecule has 0 spiro atoms. The Kier molecular flexibility index (Phi) is 5.45. The van der Waals surface area contributed by atoms with E-state index in [2.05, 4.69) is 50.4 Å². The molecule has 1 fully saturated rings. The van der Waals surface area contributed by atoms with Crippen molar-refractivity contribution in [2.75, 3.05) is 25.0 Å². The maximum Gasteiger partial charge on any atom is 0.317 e. The lowest BCUT2D eigenvalue weighted by atomic mass is 10.0. The number of furan rings is 1. The second-order valence-electron chi connectivity index (χ2n) is 6.11. The van der Waals surface area contributed by atoms with Crippen molar-refractivity contribution in [3.63, 3.8) is 0 Å². The minimum atomic E-state index is -0.0549. The maximum atomic E-state index is 12.3. The molecule has 2 aromatic rings. The molecule has 24 heavy (non-hydrogen) atoms. The Labute approximate surface area is 150 Å². The van der Waals surface area contributed by atoms with Gasteiger partial charge in [0.25, 0.3) is 0 Å². The second-order valence-corrected chi connectivity index (χ2v) is 6.89. The van der Waals surface area contributed by atoms with Crippen molar-refractivity contribution < 1.29 is 9.21 Å². The number of urea groups is 1. The van der Waals surface area contributed by atoms with Crippen molar-refractivity contribution in [1.82, 2.24) is 10.2 Å². The van der Waals surface area contributed by atoms with Crippen LogP contribution in [0.25, 0.3) is 0 Å². The first kappa shape index (κ1) is 16.9. The van der Waals surface area contributed by atoms with Crippen LogP contribution in [0.15, 0.2) is 51.6 Å². The molecule has 2 amide bonds. The van der Waals surface area contributed by atoms with Gasteiger partial charge >= 0.3 is 6.03 Å². The highest BCUT2D eigenvalue weighted by molar-refractivity contribution is 9.10. The van der Waals surface area contributed by atoms with E-state index in [1.165, 1.54) is 5.69 Å². The third-order valence-corrected chi connectivity index (χ3v) is 4.74. The van der Waals surface area contributed by atoms with E-state index < -0.39 is 0 Å². The number of anilines is 1. The number of rotatable bonds is 4. The van der Waals surface area contributed by atoms with E-state index in [1.807, 2.05) is 18.2 Å². The van der Waals surface area contributed by atoms with Crippen LogP contribution in [0.2, 0.25) is 0 Å². The summed E-state index contributed by atoms with van der Waals surface area (Å²) in [5.74, 6) is 0.762. The molecule has 0 bridgehead atoms. The van der Waals surface area contributed by atoms with Gasteiger partial charge in [-0.05, 0) is 53.0 Å². The summed E-state index contributed by atoms with van der Waals surface area (Å²) in [6, 6.07) is 14.3. The van der Waals surface area contributed by atoms with Gasteiger partial charge < -0.3 is 19.5 Å². The van der Waals surface area contributed by atoms with E-state index in [1.54, 1.807) is 11.9 Å². The van der Waals surface area contributed by atoms with Crippen molar-refractivity contribution >= 4 is 27.6 Å². The highest BCUT2D eigenvalue weighted by atomic mass is 79.9. The minimum Gasteiger partial charge on any atom is -0.452 e. The first-order valence-electron chi connectivity index (χ1n) is 8.17. The van der Waals surface area contributed by atoms with E-state index in [0.29, 0.717) is 11.2 Å². The Morgan fingerprint density at radius 1 is 1.25 bits per heavy atom. The standard InChI is InChI=1S/C18H22BrN3O2/c1-21(13-16-7-8-17(19)24-16)18(23)20-14-9-11-22(12-10-14)15-5-3-2-4-6-15/h2-8,14H,9-13H2,1H3,(H,20,23). The fourth-order valence-corrected chi connectivity index (χ4v) is 3.29. The van der Waals surface area contributed by atoms with Gasteiger partial charge in [-0.2, -0.15) is 0 Å². The lowest BCUT2D eigenvalue weighted by molar-refractivity contribution is 0.196. The zero-order valence-electron chi connectivity index (χ0n) is 13.7. The number of benzene rings is 1. The molecule has 1 aliphatic rings. The molecular weight excluding hydrogens is 370 g/mol. The van der Waals surface area contributed by atoms with Gasteiger partial charge in [0.1, 0.15) is 5.76 Å². The van der Waals surface area contributed by atoms with Crippen LogP contribution >= 0.6 is 15.9 Å². The van der Waals surface area contributed by atoms with Crippen LogP contribution < -0.4 is 10.2 Å². The number of carbonyl (C=O) groups is 1. The summed E-state index contributed by atoms with van der Waals surface area (Å²) < 4.78 is 6.13. The lowest BCUT2D eigenvalue weighted by Gasteiger charge is -2.34. The van der Waals surface area contributed by atoms with Gasteiger partial charge in [0.2, 0.25) is 0 Å². The van der Waals surface area contributed by atoms with Crippen molar-refractivity contribution in [2.24, 2.45) is 0 Å². The molecule has 5 nitrogen and oxygen atoms in total. The number of amides is 2. The van der Waals surface area contributed by atoms with E-state index in [-0.39, 0.29) is 12.1 Å². The van der Waals surface area contributed by atoms with Crippen molar-refractivity contribution in [2.45, 2.75) is 25.4 Å². The summed E-state index contributed by atoms with van der Waals surface area (Å²) in [5.41, 5.74) is 1.25. The van der Waals surface area contributed by atoms with Crippen molar-refractivity contribution in [3.05, 3.63) is 52.9 Å². The first-order chi connectivity index (χ1) is 11.6. The Hall–Kier alpha value is -1.95. The molecule has 1 saturated heterocycles. The predicted molar refractivity (Wildman–Crippen MR) is 98.1 cm³/mol. The number of para-hydroxylation sites is 1. The summed E-state index contributed by atoms with van der Waals surface area (Å²) in [4.78, 5) is 16.3. The fourth-order valence-electron chi connectivity index (χ4n) is 2.95. The predicted octanol–water partition coefficient (Wildman–Crippen LogP) is 3.85. The van der Waals surface area contributed by atoms with E-state index in [4.69, 9.17) is 4.42 Å². The molecule has 1 aromatic carbocycles. The van der Waals surface area contributed by atoms with Crippen LogP contribution in [-0.4, -0.2) is 37.1 Å². The zero-order valence-corrected chi connectivity index (χ0v) is 15.3. The van der Waals surface area contributed by atoms with Gasteiger partial charge in [0.05, 0.1) is 6.54 Å². The normalized spacial score (nSPS) is 15.3. The highest BCUT2D eigenvalue weighted by Crippen LogP contribution is 2.20. The summed E-state index contributed by atoms with van der Waals surface area (Å²) in [7, 11) is 1.78. The van der Waals surface area contributed by atoms with Gasteiger partial charge in [0, 0.05) is 31.9 Å². The summed E-state index contributed by atoms with van der Waals surface area (Å²) in [6.07, 6.45) is 1.92. The molecular formula is C18H22BrN3O2. The smallest absolute Gasteiger partial charge is 0.317 e. The third-order valence-electron chi connectivity index (χ3n) is 4.31. The number of halogens is 1. The van der Waals surface area contributed by atoms with Gasteiger partial charge in [-0.25, -0.2) is 4.79 Å². The summed E-state index contributed by atoms with van der Waals surface area (Å²) >= 11 is 3.27. The van der Waals surface area contributed by atoms with Crippen LogP contribution in [0.5, 0.6) is 0 Å². The number of carbonyl (C=O) groups excluding carboxylic acids is 1. The monoisotopic (exact) mass is 391 g/mol. The Morgan fingerprint density at radius 3 is 2.58 bits per heavy atom. The van der Waals surface area contributed by atoms with E-state index >= 15 is 0 Å². The number of piperidine rings is 1. The average molecular weight is 392 g/mol. The fraction of sp³-hybridized carbons (Fsp3) is 0.389. The lowest BCUT2D eigenvalue weighted by Crippen LogP contribution is -2.48. The minimum absolute atomic E-state index is 0.0549. The molecule has 6 heteroatoms. The van der Waals surface area contributed by atoms with Gasteiger partial charge in [0.15, 0.2) is 4.67 Å². The molecule has 3 rings (SSSR count). The molecule has 2 heterocycles. The van der Waals surface area contributed by atoms with Crippen LogP contribution in [0.1, 0.15) is 18.6 Å². The van der Waals surface area contributed by atoms with Crippen LogP contribution in [0.3, 0.4) is 0 Å². The van der Waals surface area contributed by atoms with Crippen LogP contribution in [-0.2, 0) is 6.54 Å². The first-order valence-corrected chi connectivity index (χ1v) is 8.97. The van der Waals surface area contributed by atoms with E-state index in [0.717, 1.165) is 31.7 Å². The number of hydrogen-bond acceptors (Lipinski definition) is 3. The van der Waals surface area contributed by atoms with E-state index in [9.17, 15) is 4.79 Å². The molecule has 128 valence electrons. The number of nitrogens with zero attached hydrogens (tertiary/aromatic N) is 2. The molecule has 1 aliphatic heterocycles. The largest absolute Gasteiger partial charge is 0.452 e. The average Bonchev–Trinajstić information content (AvgIpc) is 3.01. The van der Waals surface area contributed by atoms with Gasteiger partial charge in [-0.1, -0.05) is 18.2 Å². The maximum absolute atomic E-state index is 12.3. The highest BCUT2D eigenvalue weighted by Gasteiger charge is 2.22. The molecule has 0 atom stereocenters. The quantitative estimate of drug-likeness (QED) is 0.860. The third kappa shape index (κ3) is 4.32. The second kappa shape index (κ2) is 7.75. The van der Waals surface area contributed by atoms with Gasteiger partial charge in [-0.15, -0.1) is 0 Å². The Balaban J connectivity index is 1.46. The number of hydrogen-bond donors (Lipinski definition) is 1. The molecule has 0 radical (unpaired) electrons. The zero-order chi connectivity index (χ0) is 16.9. The summed E-state index contributed by atoms with van der Waals surface area (Å²) in [5, 5.41) is 3.12. The molecule has 0 saturated carbocycles. The Morgan fingerprint density at radius 2 is 1.96 bits per heavy atom. The molecule has 0 aliphatic carbocycles.